The highest BCUT2D eigenvalue weighted by Gasteiger charge is 2.28. The van der Waals surface area contributed by atoms with Gasteiger partial charge in [-0.15, -0.1) is 0 Å². The molecule has 2 aromatic carbocycles. The lowest BCUT2D eigenvalue weighted by molar-refractivity contribution is -0.136. The van der Waals surface area contributed by atoms with E-state index in [1.807, 2.05) is 19.1 Å². The summed E-state index contributed by atoms with van der Waals surface area (Å²) in [4.78, 5) is 11.2. The first kappa shape index (κ1) is 22.0. The molecule has 0 saturated carbocycles. The van der Waals surface area contributed by atoms with Gasteiger partial charge in [0.2, 0.25) is 0 Å². The monoisotopic (exact) mass is 430 g/mol. The largest absolute Gasteiger partial charge is 0.481 e. The first-order chi connectivity index (χ1) is 15.5. The van der Waals surface area contributed by atoms with E-state index in [2.05, 4.69) is 64.2 Å². The van der Waals surface area contributed by atoms with Gasteiger partial charge in [-0.05, 0) is 67.1 Å². The van der Waals surface area contributed by atoms with Gasteiger partial charge in [-0.2, -0.15) is 10.2 Å². The molecule has 6 heteroatoms. The summed E-state index contributed by atoms with van der Waals surface area (Å²) in [7, 11) is 0. The molecule has 166 valence electrons. The number of carbonyl (C=O) groups is 1. The number of hydrogen-bond acceptors (Lipinski definition) is 5. The standard InChI is InChI=1S/C26H30N4O2/c1-17-12-18(2)21(15-25(31)32)13-20(17)8-10-27-26(19-6-4-3-5-7-19)22-14-24-23(28-16-22)9-11-29-30-24/h3-7,9,11-13,22,26-28H,8,10,14-16H2,1-2H3,(H,31,32)/t22-,26-/m1/s1. The second-order valence-electron chi connectivity index (χ2n) is 8.60. The van der Waals surface area contributed by atoms with Crippen LogP contribution in [0.25, 0.3) is 0 Å². The van der Waals surface area contributed by atoms with Gasteiger partial charge in [-0.1, -0.05) is 42.5 Å². The van der Waals surface area contributed by atoms with Crippen LogP contribution in [0.15, 0.2) is 54.7 Å². The minimum Gasteiger partial charge on any atom is -0.481 e. The summed E-state index contributed by atoms with van der Waals surface area (Å²) in [5, 5.41) is 24.9. The number of anilines is 1. The average molecular weight is 431 g/mol. The van der Waals surface area contributed by atoms with Crippen LogP contribution in [0.5, 0.6) is 0 Å². The molecule has 0 aliphatic carbocycles. The van der Waals surface area contributed by atoms with E-state index in [-0.39, 0.29) is 12.5 Å². The van der Waals surface area contributed by atoms with Crippen LogP contribution in [-0.2, 0) is 24.1 Å². The van der Waals surface area contributed by atoms with Crippen molar-refractivity contribution in [3.8, 4) is 0 Å². The van der Waals surface area contributed by atoms with E-state index in [0.29, 0.717) is 5.92 Å². The number of carboxylic acid groups (broad SMARTS) is 1. The third-order valence-corrected chi connectivity index (χ3v) is 6.33. The molecular formula is C26H30N4O2. The van der Waals surface area contributed by atoms with E-state index in [0.717, 1.165) is 48.4 Å². The molecule has 1 aliphatic heterocycles. The molecule has 3 N–H and O–H groups in total. The summed E-state index contributed by atoms with van der Waals surface area (Å²) in [5.41, 5.74) is 7.69. The number of benzene rings is 2. The molecule has 3 aromatic rings. The Balaban J connectivity index is 1.49. The Morgan fingerprint density at radius 2 is 1.94 bits per heavy atom. The van der Waals surface area contributed by atoms with Crippen LogP contribution in [0.2, 0.25) is 0 Å². The maximum Gasteiger partial charge on any atom is 0.307 e. The number of carboxylic acids is 1. The number of aliphatic carboxylic acids is 1. The Hall–Kier alpha value is -3.25. The van der Waals surface area contributed by atoms with E-state index in [1.165, 1.54) is 16.7 Å². The normalized spacial score (nSPS) is 16.1. The van der Waals surface area contributed by atoms with Crippen LogP contribution in [0, 0.1) is 19.8 Å². The first-order valence-electron chi connectivity index (χ1n) is 11.1. The molecule has 1 aliphatic rings. The van der Waals surface area contributed by atoms with Gasteiger partial charge < -0.3 is 15.7 Å². The van der Waals surface area contributed by atoms with E-state index in [4.69, 9.17) is 0 Å². The SMILES string of the molecule is Cc1cc(C)c(CC(=O)O)cc1CCN[C@H](c1ccccc1)[C@H]1CNc2ccnnc2C1. The fourth-order valence-electron chi connectivity index (χ4n) is 4.62. The van der Waals surface area contributed by atoms with Crippen LogP contribution in [0.4, 0.5) is 5.69 Å². The molecule has 2 heterocycles. The maximum absolute atomic E-state index is 11.2. The zero-order valence-corrected chi connectivity index (χ0v) is 18.6. The Morgan fingerprint density at radius 1 is 1.16 bits per heavy atom. The lowest BCUT2D eigenvalue weighted by Crippen LogP contribution is -2.37. The lowest BCUT2D eigenvalue weighted by atomic mass is 9.86. The minimum absolute atomic E-state index is 0.0629. The Kier molecular flexibility index (Phi) is 6.81. The third-order valence-electron chi connectivity index (χ3n) is 6.33. The summed E-state index contributed by atoms with van der Waals surface area (Å²) < 4.78 is 0. The van der Waals surface area contributed by atoms with Gasteiger partial charge >= 0.3 is 5.97 Å². The van der Waals surface area contributed by atoms with Crippen molar-refractivity contribution in [3.05, 3.63) is 88.2 Å². The third kappa shape index (κ3) is 5.14. The number of rotatable bonds is 8. The number of fused-ring (bicyclic) bond motifs is 1. The summed E-state index contributed by atoms with van der Waals surface area (Å²) in [5.74, 6) is -0.443. The molecular weight excluding hydrogens is 400 g/mol. The van der Waals surface area contributed by atoms with Gasteiger partial charge in [0.25, 0.3) is 0 Å². The van der Waals surface area contributed by atoms with Crippen LogP contribution in [0.1, 0.15) is 39.6 Å². The van der Waals surface area contributed by atoms with E-state index in [9.17, 15) is 9.90 Å². The molecule has 0 saturated heterocycles. The number of aromatic nitrogens is 2. The number of nitrogens with one attached hydrogen (secondary N) is 2. The van der Waals surface area contributed by atoms with Gasteiger partial charge in [0.1, 0.15) is 0 Å². The molecule has 4 rings (SSSR count). The summed E-state index contributed by atoms with van der Waals surface area (Å²) in [6.07, 6.45) is 3.50. The fraction of sp³-hybridized carbons (Fsp3) is 0.346. The molecule has 0 spiro atoms. The molecule has 0 radical (unpaired) electrons. The highest BCUT2D eigenvalue weighted by molar-refractivity contribution is 5.71. The summed E-state index contributed by atoms with van der Waals surface area (Å²) in [6, 6.07) is 16.9. The average Bonchev–Trinajstić information content (AvgIpc) is 2.79. The Bertz CT molecular complexity index is 1080. The predicted octanol–water partition coefficient (Wildman–Crippen LogP) is 3.88. The lowest BCUT2D eigenvalue weighted by Gasteiger charge is -2.32. The van der Waals surface area contributed by atoms with Gasteiger partial charge in [-0.3, -0.25) is 4.79 Å². The van der Waals surface area contributed by atoms with Crippen LogP contribution >= 0.6 is 0 Å². The Labute approximate surface area is 189 Å². The molecule has 2 atom stereocenters. The molecule has 0 unspecified atom stereocenters. The van der Waals surface area contributed by atoms with Crippen molar-refractivity contribution in [1.82, 2.24) is 15.5 Å². The van der Waals surface area contributed by atoms with Crippen molar-refractivity contribution in [2.24, 2.45) is 5.92 Å². The smallest absolute Gasteiger partial charge is 0.307 e. The maximum atomic E-state index is 11.2. The van der Waals surface area contributed by atoms with Gasteiger partial charge in [0.15, 0.2) is 0 Å². The molecule has 0 bridgehead atoms. The number of nitrogens with zero attached hydrogens (tertiary/aromatic N) is 2. The molecule has 0 amide bonds. The van der Waals surface area contributed by atoms with Crippen LogP contribution in [0.3, 0.4) is 0 Å². The number of aryl methyl sites for hydroxylation is 2. The number of hydrogen-bond donors (Lipinski definition) is 3. The van der Waals surface area contributed by atoms with Crippen LogP contribution < -0.4 is 10.6 Å². The van der Waals surface area contributed by atoms with Crippen molar-refractivity contribution in [2.45, 2.75) is 39.2 Å². The molecule has 1 aromatic heterocycles. The van der Waals surface area contributed by atoms with Gasteiger partial charge in [0, 0.05) is 18.5 Å². The zero-order chi connectivity index (χ0) is 22.5. The summed E-state index contributed by atoms with van der Waals surface area (Å²) >= 11 is 0. The van der Waals surface area contributed by atoms with Crippen molar-refractivity contribution in [2.75, 3.05) is 18.4 Å². The predicted molar refractivity (Wildman–Crippen MR) is 126 cm³/mol. The zero-order valence-electron chi connectivity index (χ0n) is 18.6. The Morgan fingerprint density at radius 3 is 2.72 bits per heavy atom. The van der Waals surface area contributed by atoms with Gasteiger partial charge in [-0.25, -0.2) is 0 Å². The van der Waals surface area contributed by atoms with E-state index in [1.54, 1.807) is 6.20 Å². The molecule has 6 nitrogen and oxygen atoms in total. The van der Waals surface area contributed by atoms with E-state index < -0.39 is 5.97 Å². The topological polar surface area (TPSA) is 87.1 Å². The van der Waals surface area contributed by atoms with Crippen molar-refractivity contribution in [1.29, 1.82) is 0 Å². The highest BCUT2D eigenvalue weighted by Crippen LogP contribution is 2.31. The van der Waals surface area contributed by atoms with Crippen LogP contribution in [-0.4, -0.2) is 34.4 Å². The van der Waals surface area contributed by atoms with Crippen molar-refractivity contribution < 1.29 is 9.90 Å². The quantitative estimate of drug-likeness (QED) is 0.503. The van der Waals surface area contributed by atoms with E-state index >= 15 is 0 Å². The first-order valence-corrected chi connectivity index (χ1v) is 11.1. The van der Waals surface area contributed by atoms with Crippen molar-refractivity contribution >= 4 is 11.7 Å². The minimum atomic E-state index is -0.793. The van der Waals surface area contributed by atoms with Crippen molar-refractivity contribution in [3.63, 3.8) is 0 Å². The highest BCUT2D eigenvalue weighted by atomic mass is 16.4. The summed E-state index contributed by atoms with van der Waals surface area (Å²) in [6.45, 7) is 5.76. The van der Waals surface area contributed by atoms with Gasteiger partial charge in [0.05, 0.1) is 24.0 Å². The second kappa shape index (κ2) is 9.92. The molecule has 0 fully saturated rings. The fourth-order valence-corrected chi connectivity index (χ4v) is 4.62. The second-order valence-corrected chi connectivity index (χ2v) is 8.60. The molecule has 32 heavy (non-hydrogen) atoms.